The second-order valence-corrected chi connectivity index (χ2v) is 8.84. The highest BCUT2D eigenvalue weighted by molar-refractivity contribution is 6.27. The molecule has 3 heterocycles. The fourth-order valence-corrected chi connectivity index (χ4v) is 4.27. The van der Waals surface area contributed by atoms with Gasteiger partial charge in [-0.1, -0.05) is 35.5 Å². The van der Waals surface area contributed by atoms with Crippen LogP contribution in [0, 0.1) is 6.92 Å². The van der Waals surface area contributed by atoms with Gasteiger partial charge in [0.15, 0.2) is 12.4 Å². The molecule has 13 heteroatoms. The van der Waals surface area contributed by atoms with Crippen LogP contribution in [0.4, 0.5) is 23.1 Å². The molecule has 1 aliphatic rings. The van der Waals surface area contributed by atoms with Crippen molar-refractivity contribution in [2.75, 3.05) is 47.4 Å². The highest BCUT2D eigenvalue weighted by atomic mass is 16.6. The van der Waals surface area contributed by atoms with Crippen molar-refractivity contribution in [1.82, 2.24) is 9.97 Å². The van der Waals surface area contributed by atoms with Crippen molar-refractivity contribution in [3.8, 4) is 0 Å². The van der Waals surface area contributed by atoms with E-state index in [1.807, 2.05) is 49.4 Å². The Hall–Kier alpha value is -5.33. The number of furan rings is 1. The van der Waals surface area contributed by atoms with E-state index in [0.29, 0.717) is 5.82 Å². The summed E-state index contributed by atoms with van der Waals surface area (Å²) in [7, 11) is 0. The average Bonchev–Trinajstić information content (AvgIpc) is 3.35. The number of rotatable bonds is 6. The second-order valence-electron chi connectivity index (χ2n) is 8.84. The maximum absolute atomic E-state index is 9.10. The largest absolute Gasteiger partial charge is 0.473 e. The van der Waals surface area contributed by atoms with Gasteiger partial charge in [0.1, 0.15) is 17.0 Å². The van der Waals surface area contributed by atoms with Crippen LogP contribution in [0.25, 0.3) is 11.0 Å². The van der Waals surface area contributed by atoms with Crippen molar-refractivity contribution in [3.05, 3.63) is 71.6 Å². The monoisotopic (exact) mass is 547 g/mol. The molecule has 0 saturated carbocycles. The van der Waals surface area contributed by atoms with Crippen LogP contribution in [0.3, 0.4) is 0 Å². The molecule has 40 heavy (non-hydrogen) atoms. The molecule has 2 aromatic heterocycles. The predicted molar refractivity (Wildman–Crippen MR) is 150 cm³/mol. The Morgan fingerprint density at radius 3 is 2.27 bits per heavy atom. The molecule has 2 aromatic carbocycles. The molecule has 1 saturated heterocycles. The van der Waals surface area contributed by atoms with Gasteiger partial charge in [0.25, 0.3) is 0 Å². The van der Waals surface area contributed by atoms with E-state index in [9.17, 15) is 0 Å². The lowest BCUT2D eigenvalue weighted by Crippen LogP contribution is -2.47. The molecule has 0 spiro atoms. The van der Waals surface area contributed by atoms with Crippen LogP contribution in [-0.4, -0.2) is 64.5 Å². The number of carbonyl (C=O) groups is 2. The topological polar surface area (TPSA) is 194 Å². The molecular formula is C27H29N7O6. The Kier molecular flexibility index (Phi) is 8.64. The van der Waals surface area contributed by atoms with Gasteiger partial charge in [0.05, 0.1) is 11.9 Å². The van der Waals surface area contributed by atoms with Crippen LogP contribution >= 0.6 is 0 Å². The smallest absolute Gasteiger partial charge is 0.414 e. The normalized spacial score (nSPS) is 13.2. The summed E-state index contributed by atoms with van der Waals surface area (Å²) in [5.41, 5.74) is 16.5. The molecule has 0 amide bonds. The summed E-state index contributed by atoms with van der Waals surface area (Å²) < 4.78 is 5.73. The number of nitrogens with zero attached hydrogens (tertiary/aromatic N) is 5. The molecule has 13 nitrogen and oxygen atoms in total. The summed E-state index contributed by atoms with van der Waals surface area (Å²) in [5.74, 6) is -2.26. The van der Waals surface area contributed by atoms with Gasteiger partial charge in [-0.25, -0.2) is 14.6 Å². The average molecular weight is 548 g/mol. The van der Waals surface area contributed by atoms with Crippen molar-refractivity contribution < 1.29 is 29.1 Å². The summed E-state index contributed by atoms with van der Waals surface area (Å²) in [6.45, 7) is 5.61. The van der Waals surface area contributed by atoms with Gasteiger partial charge < -0.3 is 40.7 Å². The van der Waals surface area contributed by atoms with E-state index in [1.165, 1.54) is 5.69 Å². The Morgan fingerprint density at radius 1 is 1.00 bits per heavy atom. The standard InChI is InChI=1S/C25H27N7O2.C2H2O4/c1-17-23(24(26)30-25(27)29-17)32-12-10-31(11-13-32)20-8-6-18(7-9-20)15-28-33-16-21-14-19-4-2-3-5-22(19)34-21;3-1(4)2(5)6/h2-9,14-15H,10-13,16H2,1H3,(H4,26,27,29,30);(H,3,4)(H,5,6)/b28-15+;. The molecule has 1 aliphatic heterocycles. The van der Waals surface area contributed by atoms with E-state index < -0.39 is 11.9 Å². The molecular weight excluding hydrogens is 518 g/mol. The zero-order valence-electron chi connectivity index (χ0n) is 21.7. The SMILES string of the molecule is Cc1nc(N)nc(N)c1N1CCN(c2ccc(/C=N/OCc3cc4ccccc4o3)cc2)CC1.O=C(O)C(=O)O. The summed E-state index contributed by atoms with van der Waals surface area (Å²) in [6, 6.07) is 18.1. The highest BCUT2D eigenvalue weighted by Gasteiger charge is 2.22. The molecule has 6 N–H and O–H groups in total. The molecule has 208 valence electrons. The van der Waals surface area contributed by atoms with E-state index in [0.717, 1.165) is 59.9 Å². The summed E-state index contributed by atoms with van der Waals surface area (Å²) >= 11 is 0. The fraction of sp³-hybridized carbons (Fsp3) is 0.222. The minimum Gasteiger partial charge on any atom is -0.473 e. The first-order valence-corrected chi connectivity index (χ1v) is 12.3. The van der Waals surface area contributed by atoms with Gasteiger partial charge in [-0.15, -0.1) is 0 Å². The van der Waals surface area contributed by atoms with Crippen molar-refractivity contribution in [3.63, 3.8) is 0 Å². The van der Waals surface area contributed by atoms with Gasteiger partial charge >= 0.3 is 11.9 Å². The number of nitrogen functional groups attached to an aromatic ring is 2. The number of aliphatic carboxylic acids is 2. The van der Waals surface area contributed by atoms with Crippen molar-refractivity contribution in [2.45, 2.75) is 13.5 Å². The lowest BCUT2D eigenvalue weighted by atomic mass is 10.2. The third-order valence-corrected chi connectivity index (χ3v) is 6.10. The number of anilines is 4. The number of hydrogen-bond donors (Lipinski definition) is 4. The number of aromatic nitrogens is 2. The summed E-state index contributed by atoms with van der Waals surface area (Å²) in [4.78, 5) is 36.6. The van der Waals surface area contributed by atoms with Gasteiger partial charge in [0, 0.05) is 37.3 Å². The molecule has 0 aliphatic carbocycles. The molecule has 0 atom stereocenters. The number of aryl methyl sites for hydroxylation is 1. The molecule has 0 bridgehead atoms. The van der Waals surface area contributed by atoms with Gasteiger partial charge in [-0.2, -0.15) is 4.98 Å². The third-order valence-electron chi connectivity index (χ3n) is 6.10. The summed E-state index contributed by atoms with van der Waals surface area (Å²) in [5, 5.41) is 19.9. The van der Waals surface area contributed by atoms with Gasteiger partial charge in [0.2, 0.25) is 5.95 Å². The Bertz CT molecular complexity index is 1440. The van der Waals surface area contributed by atoms with Crippen molar-refractivity contribution >= 4 is 52.3 Å². The van der Waals surface area contributed by atoms with E-state index >= 15 is 0 Å². The zero-order valence-corrected chi connectivity index (χ0v) is 21.7. The second kappa shape index (κ2) is 12.5. The Balaban J connectivity index is 0.000000557. The van der Waals surface area contributed by atoms with Crippen LogP contribution in [0.2, 0.25) is 0 Å². The predicted octanol–water partition coefficient (Wildman–Crippen LogP) is 2.73. The van der Waals surface area contributed by atoms with E-state index in [-0.39, 0.29) is 12.6 Å². The first-order valence-electron chi connectivity index (χ1n) is 12.3. The number of fused-ring (bicyclic) bond motifs is 1. The third kappa shape index (κ3) is 6.95. The lowest BCUT2D eigenvalue weighted by molar-refractivity contribution is -0.159. The van der Waals surface area contributed by atoms with Gasteiger partial charge in [-0.05, 0) is 36.8 Å². The molecule has 0 unspecified atom stereocenters. The van der Waals surface area contributed by atoms with E-state index in [4.69, 9.17) is 40.5 Å². The number of carboxylic acids is 2. The number of carboxylic acid groups (broad SMARTS) is 2. The number of oxime groups is 1. The van der Waals surface area contributed by atoms with Crippen LogP contribution in [0.15, 0.2) is 64.2 Å². The lowest BCUT2D eigenvalue weighted by Gasteiger charge is -2.38. The number of piperazine rings is 1. The maximum atomic E-state index is 9.10. The summed E-state index contributed by atoms with van der Waals surface area (Å²) in [6.07, 6.45) is 1.71. The van der Waals surface area contributed by atoms with E-state index in [2.05, 4.69) is 37.1 Å². The Labute approximate surface area is 229 Å². The van der Waals surface area contributed by atoms with Gasteiger partial charge in [-0.3, -0.25) is 0 Å². The van der Waals surface area contributed by atoms with Crippen LogP contribution in [-0.2, 0) is 21.0 Å². The van der Waals surface area contributed by atoms with Crippen molar-refractivity contribution in [1.29, 1.82) is 0 Å². The molecule has 5 rings (SSSR count). The molecule has 0 radical (unpaired) electrons. The number of nitrogens with two attached hydrogens (primary N) is 2. The first kappa shape index (κ1) is 27.7. The minimum atomic E-state index is -1.82. The highest BCUT2D eigenvalue weighted by Crippen LogP contribution is 2.27. The number of benzene rings is 2. The molecule has 1 fully saturated rings. The van der Waals surface area contributed by atoms with Crippen LogP contribution in [0.1, 0.15) is 17.0 Å². The fourth-order valence-electron chi connectivity index (χ4n) is 4.27. The zero-order chi connectivity index (χ0) is 28.6. The maximum Gasteiger partial charge on any atom is 0.414 e. The number of para-hydroxylation sites is 1. The molecule has 4 aromatic rings. The van der Waals surface area contributed by atoms with E-state index in [1.54, 1.807) is 6.21 Å². The van der Waals surface area contributed by atoms with Crippen LogP contribution in [0.5, 0.6) is 0 Å². The van der Waals surface area contributed by atoms with Crippen molar-refractivity contribution in [2.24, 2.45) is 5.16 Å². The van der Waals surface area contributed by atoms with Crippen LogP contribution < -0.4 is 21.3 Å². The minimum absolute atomic E-state index is 0.209. The quantitative estimate of drug-likeness (QED) is 0.157. The Morgan fingerprint density at radius 2 is 1.65 bits per heavy atom. The number of hydrogen-bond acceptors (Lipinski definition) is 11. The first-order chi connectivity index (χ1) is 19.2.